The number of hydrogen-bond donors (Lipinski definition) is 0. The van der Waals surface area contributed by atoms with Gasteiger partial charge in [0.2, 0.25) is 0 Å². The molecule has 0 radical (unpaired) electrons. The molecule has 0 atom stereocenters. The van der Waals surface area contributed by atoms with Gasteiger partial charge in [0, 0.05) is 5.56 Å². The molecule has 86 valence electrons. The molecule has 1 aliphatic rings. The molecule has 0 saturated carbocycles. The number of ether oxygens (including phenoxy) is 2. The van der Waals surface area contributed by atoms with Crippen molar-refractivity contribution in [3.63, 3.8) is 0 Å². The van der Waals surface area contributed by atoms with Crippen LogP contribution in [0.25, 0.3) is 5.57 Å². The van der Waals surface area contributed by atoms with Crippen LogP contribution in [0.5, 0.6) is 11.5 Å². The van der Waals surface area contributed by atoms with Crippen molar-refractivity contribution in [1.82, 2.24) is 0 Å². The van der Waals surface area contributed by atoms with E-state index in [2.05, 4.69) is 26.5 Å². The zero-order chi connectivity index (χ0) is 11.7. The molecule has 0 spiro atoms. The molecule has 0 aromatic heterocycles. The Bertz CT molecular complexity index is 419. The molecule has 0 saturated heterocycles. The van der Waals surface area contributed by atoms with Crippen molar-refractivity contribution >= 4 is 5.57 Å². The number of benzene rings is 1. The summed E-state index contributed by atoms with van der Waals surface area (Å²) < 4.78 is 11.3. The summed E-state index contributed by atoms with van der Waals surface area (Å²) in [5.74, 6) is 2.19. The normalized spacial score (nSPS) is 14.0. The van der Waals surface area contributed by atoms with Gasteiger partial charge in [0.1, 0.15) is 13.2 Å². The molecule has 0 fully saturated rings. The molecule has 2 nitrogen and oxygen atoms in total. The van der Waals surface area contributed by atoms with Crippen LogP contribution in [0.2, 0.25) is 0 Å². The van der Waals surface area contributed by atoms with Crippen LogP contribution >= 0.6 is 0 Å². The summed E-state index contributed by atoms with van der Waals surface area (Å²) in [5, 5.41) is 0. The van der Waals surface area contributed by atoms with Gasteiger partial charge in [0.15, 0.2) is 11.5 Å². The molecule has 0 aliphatic carbocycles. The second kappa shape index (κ2) is 4.20. The lowest BCUT2D eigenvalue weighted by Gasteiger charge is -2.23. The number of fused-ring (bicyclic) bond motifs is 1. The smallest absolute Gasteiger partial charge is 0.164 e. The lowest BCUT2D eigenvalue weighted by molar-refractivity contribution is 0.169. The van der Waals surface area contributed by atoms with Crippen molar-refractivity contribution < 1.29 is 9.47 Å². The third-order valence-corrected chi connectivity index (χ3v) is 2.79. The molecule has 1 heterocycles. The van der Waals surface area contributed by atoms with Crippen LogP contribution in [0.4, 0.5) is 0 Å². The minimum Gasteiger partial charge on any atom is -0.486 e. The molecule has 0 amide bonds. The lowest BCUT2D eigenvalue weighted by atomic mass is 9.96. The molecule has 0 unspecified atom stereocenters. The van der Waals surface area contributed by atoms with Crippen molar-refractivity contribution in [3.8, 4) is 11.5 Å². The van der Waals surface area contributed by atoms with Crippen LogP contribution in [0.1, 0.15) is 37.8 Å². The third-order valence-electron chi connectivity index (χ3n) is 2.79. The predicted octanol–water partition coefficient (Wildman–Crippen LogP) is 3.61. The van der Waals surface area contributed by atoms with Crippen molar-refractivity contribution in [2.75, 3.05) is 13.2 Å². The molecule has 1 aliphatic heterocycles. The summed E-state index contributed by atoms with van der Waals surface area (Å²) in [5.41, 5.74) is 3.39. The topological polar surface area (TPSA) is 18.5 Å². The van der Waals surface area contributed by atoms with E-state index in [4.69, 9.17) is 9.47 Å². The Morgan fingerprint density at radius 3 is 2.56 bits per heavy atom. The highest BCUT2D eigenvalue weighted by atomic mass is 16.6. The van der Waals surface area contributed by atoms with Gasteiger partial charge in [-0.05, 0) is 30.5 Å². The maximum Gasteiger partial charge on any atom is 0.164 e. The Hall–Kier alpha value is -1.44. The number of hydrogen-bond acceptors (Lipinski definition) is 2. The Labute approximate surface area is 96.9 Å². The first-order valence-corrected chi connectivity index (χ1v) is 5.69. The Balaban J connectivity index is 2.56. The highest BCUT2D eigenvalue weighted by Gasteiger charge is 2.19. The number of allylic oxidation sites excluding steroid dienone is 1. The van der Waals surface area contributed by atoms with Gasteiger partial charge in [-0.1, -0.05) is 26.0 Å². The summed E-state index contributed by atoms with van der Waals surface area (Å²) in [6, 6.07) is 4.17. The van der Waals surface area contributed by atoms with E-state index < -0.39 is 0 Å². The Morgan fingerprint density at radius 2 is 1.94 bits per heavy atom. The largest absolute Gasteiger partial charge is 0.486 e. The van der Waals surface area contributed by atoms with Gasteiger partial charge in [0.05, 0.1) is 0 Å². The fraction of sp³-hybridized carbons (Fsp3) is 0.429. The van der Waals surface area contributed by atoms with Crippen LogP contribution in [-0.4, -0.2) is 13.2 Å². The van der Waals surface area contributed by atoms with Gasteiger partial charge in [-0.2, -0.15) is 0 Å². The van der Waals surface area contributed by atoms with Gasteiger partial charge in [0.25, 0.3) is 0 Å². The standard InChI is InChI=1S/C14H18O2/c1-9(2)11-7-12(10(3)4)14-13(8-11)15-5-6-16-14/h7-8,10H,1,5-6H2,2-4H3. The monoisotopic (exact) mass is 218 g/mol. The first-order chi connectivity index (χ1) is 7.59. The Kier molecular flexibility index (Phi) is 2.90. The van der Waals surface area contributed by atoms with Crippen molar-refractivity contribution in [1.29, 1.82) is 0 Å². The maximum absolute atomic E-state index is 5.70. The minimum atomic E-state index is 0.426. The van der Waals surface area contributed by atoms with E-state index in [0.29, 0.717) is 19.1 Å². The summed E-state index contributed by atoms with van der Waals surface area (Å²) in [6.45, 7) is 11.6. The summed E-state index contributed by atoms with van der Waals surface area (Å²) in [6.07, 6.45) is 0. The fourth-order valence-electron chi connectivity index (χ4n) is 1.86. The maximum atomic E-state index is 5.70. The average Bonchev–Trinajstić information content (AvgIpc) is 2.27. The second-order valence-corrected chi connectivity index (χ2v) is 4.52. The van der Waals surface area contributed by atoms with E-state index in [1.807, 2.05) is 13.0 Å². The fourth-order valence-corrected chi connectivity index (χ4v) is 1.86. The first-order valence-electron chi connectivity index (χ1n) is 5.69. The summed E-state index contributed by atoms with van der Waals surface area (Å²) in [4.78, 5) is 0. The van der Waals surface area contributed by atoms with E-state index in [1.54, 1.807) is 0 Å². The zero-order valence-electron chi connectivity index (χ0n) is 10.2. The van der Waals surface area contributed by atoms with Crippen LogP contribution < -0.4 is 9.47 Å². The van der Waals surface area contributed by atoms with E-state index in [9.17, 15) is 0 Å². The van der Waals surface area contributed by atoms with Crippen molar-refractivity contribution in [3.05, 3.63) is 29.8 Å². The summed E-state index contributed by atoms with van der Waals surface area (Å²) >= 11 is 0. The zero-order valence-corrected chi connectivity index (χ0v) is 10.2. The highest BCUT2D eigenvalue weighted by Crippen LogP contribution is 2.40. The molecular formula is C14H18O2. The quantitative estimate of drug-likeness (QED) is 0.755. The van der Waals surface area contributed by atoms with Gasteiger partial charge in [-0.3, -0.25) is 0 Å². The molecule has 2 heteroatoms. The molecule has 0 bridgehead atoms. The van der Waals surface area contributed by atoms with Gasteiger partial charge in [-0.15, -0.1) is 0 Å². The van der Waals surface area contributed by atoms with Crippen LogP contribution in [0.3, 0.4) is 0 Å². The first kappa shape index (κ1) is 11.1. The molecule has 1 aromatic rings. The van der Waals surface area contributed by atoms with E-state index in [0.717, 1.165) is 22.6 Å². The average molecular weight is 218 g/mol. The summed E-state index contributed by atoms with van der Waals surface area (Å²) in [7, 11) is 0. The van der Waals surface area contributed by atoms with Gasteiger partial charge < -0.3 is 9.47 Å². The van der Waals surface area contributed by atoms with Crippen LogP contribution in [-0.2, 0) is 0 Å². The minimum absolute atomic E-state index is 0.426. The van der Waals surface area contributed by atoms with Crippen LogP contribution in [0.15, 0.2) is 18.7 Å². The lowest BCUT2D eigenvalue weighted by Crippen LogP contribution is -2.17. The molecule has 0 N–H and O–H groups in total. The van der Waals surface area contributed by atoms with Crippen molar-refractivity contribution in [2.24, 2.45) is 0 Å². The molecule has 2 rings (SSSR count). The predicted molar refractivity (Wildman–Crippen MR) is 66.2 cm³/mol. The Morgan fingerprint density at radius 1 is 1.25 bits per heavy atom. The SMILES string of the molecule is C=C(C)c1cc2c(c(C(C)C)c1)OCCO2. The van der Waals surface area contributed by atoms with E-state index in [1.165, 1.54) is 5.56 Å². The van der Waals surface area contributed by atoms with Gasteiger partial charge in [-0.25, -0.2) is 0 Å². The molecule has 16 heavy (non-hydrogen) atoms. The van der Waals surface area contributed by atoms with E-state index >= 15 is 0 Å². The highest BCUT2D eigenvalue weighted by molar-refractivity contribution is 5.67. The van der Waals surface area contributed by atoms with E-state index in [-0.39, 0.29) is 0 Å². The second-order valence-electron chi connectivity index (χ2n) is 4.52. The van der Waals surface area contributed by atoms with Crippen LogP contribution in [0, 0.1) is 0 Å². The third kappa shape index (κ3) is 1.92. The van der Waals surface area contributed by atoms with Crippen molar-refractivity contribution in [2.45, 2.75) is 26.7 Å². The molecule has 1 aromatic carbocycles. The number of rotatable bonds is 2. The van der Waals surface area contributed by atoms with Gasteiger partial charge >= 0.3 is 0 Å². The molecular weight excluding hydrogens is 200 g/mol.